The quantitative estimate of drug-likeness (QED) is 0.239. The Hall–Kier alpha value is -1.07. The van der Waals surface area contributed by atoms with Crippen LogP contribution in [0.4, 0.5) is 0 Å². The van der Waals surface area contributed by atoms with Gasteiger partial charge in [-0.1, -0.05) is 48.8 Å². The van der Waals surface area contributed by atoms with Crippen LogP contribution in [0.2, 0.25) is 18.1 Å². The second kappa shape index (κ2) is 9.93. The fourth-order valence-corrected chi connectivity index (χ4v) is 5.46. The van der Waals surface area contributed by atoms with Gasteiger partial charge in [0.1, 0.15) is 0 Å². The minimum absolute atomic E-state index is 0.352. The van der Waals surface area contributed by atoms with Crippen molar-refractivity contribution >= 4 is 30.2 Å². The summed E-state index contributed by atoms with van der Waals surface area (Å²) in [6.45, 7) is 8.62. The lowest BCUT2D eigenvalue weighted by molar-refractivity contribution is -0.141. The molecule has 1 aromatic rings. The number of hydrogen-bond donors (Lipinski definition) is 0. The van der Waals surface area contributed by atoms with E-state index in [1.165, 1.54) is 0 Å². The van der Waals surface area contributed by atoms with Gasteiger partial charge in [0.05, 0.1) is 6.61 Å². The van der Waals surface area contributed by atoms with Crippen molar-refractivity contribution in [2.24, 2.45) is 0 Å². The van der Waals surface area contributed by atoms with E-state index in [1.807, 2.05) is 37.3 Å². The summed E-state index contributed by atoms with van der Waals surface area (Å²) in [5.74, 6) is 0.0266. The molecule has 0 saturated heterocycles. The number of ether oxygens (including phenoxy) is 1. The number of halogens is 1. The first kappa shape index (κ1) is 20.0. The molecule has 0 fully saturated rings. The Bertz CT molecular complexity index is 531. The second-order valence-electron chi connectivity index (χ2n) is 5.47. The average Bonchev–Trinajstić information content (AvgIpc) is 2.56. The van der Waals surface area contributed by atoms with Crippen LogP contribution in [-0.2, 0) is 20.4 Å². The van der Waals surface area contributed by atoms with Crippen LogP contribution in [0.15, 0.2) is 40.6 Å². The highest BCUT2D eigenvalue weighted by Crippen LogP contribution is 2.25. The van der Waals surface area contributed by atoms with Crippen molar-refractivity contribution in [3.63, 3.8) is 0 Å². The molecular formula is C18H27BrO3Si. The number of hydrogen-bond acceptors (Lipinski definition) is 3. The molecule has 0 radical (unpaired) electrons. The first-order chi connectivity index (χ1) is 11.0. The number of allylic oxidation sites excluding steroid dienone is 1. The van der Waals surface area contributed by atoms with Gasteiger partial charge in [-0.3, -0.25) is 0 Å². The Morgan fingerprint density at radius 2 is 1.83 bits per heavy atom. The Morgan fingerprint density at radius 3 is 2.35 bits per heavy atom. The van der Waals surface area contributed by atoms with Crippen LogP contribution in [0.3, 0.4) is 0 Å². The summed E-state index contributed by atoms with van der Waals surface area (Å²) in [6.07, 6.45) is 2.51. The summed E-state index contributed by atoms with van der Waals surface area (Å²) in [7, 11) is -1.90. The summed E-state index contributed by atoms with van der Waals surface area (Å²) in [4.78, 5) is 12.3. The zero-order chi connectivity index (χ0) is 17.3. The van der Waals surface area contributed by atoms with Crippen LogP contribution in [0.5, 0.6) is 0 Å². The number of benzene rings is 1. The van der Waals surface area contributed by atoms with Crippen LogP contribution in [-0.4, -0.2) is 20.9 Å². The summed E-state index contributed by atoms with van der Waals surface area (Å²) < 4.78 is 12.5. The fourth-order valence-electron chi connectivity index (χ4n) is 2.44. The maximum absolute atomic E-state index is 12.3. The molecule has 5 heteroatoms. The van der Waals surface area contributed by atoms with Crippen molar-refractivity contribution in [1.29, 1.82) is 0 Å². The molecule has 0 aliphatic carbocycles. The van der Waals surface area contributed by atoms with Crippen molar-refractivity contribution in [3.8, 4) is 0 Å². The van der Waals surface area contributed by atoms with Gasteiger partial charge in [-0.05, 0) is 55.2 Å². The minimum atomic E-state index is -1.90. The Balaban J connectivity index is 2.99. The largest absolute Gasteiger partial charge is 0.539 e. The third kappa shape index (κ3) is 6.15. The molecule has 0 aliphatic heterocycles. The van der Waals surface area contributed by atoms with E-state index >= 15 is 0 Å². The number of carbonyl (C=O) groups excluding carboxylic acids is 1. The lowest BCUT2D eigenvalue weighted by Crippen LogP contribution is -2.37. The van der Waals surface area contributed by atoms with E-state index in [0.717, 1.165) is 28.2 Å². The molecule has 0 spiro atoms. The number of rotatable bonds is 9. The molecule has 3 nitrogen and oxygen atoms in total. The third-order valence-electron chi connectivity index (χ3n) is 4.15. The lowest BCUT2D eigenvalue weighted by Gasteiger charge is -2.29. The van der Waals surface area contributed by atoms with Gasteiger partial charge in [-0.2, -0.15) is 0 Å². The van der Waals surface area contributed by atoms with E-state index in [2.05, 4.69) is 36.7 Å². The third-order valence-corrected chi connectivity index (χ3v) is 9.16. The van der Waals surface area contributed by atoms with Crippen molar-refractivity contribution < 1.29 is 14.0 Å². The van der Waals surface area contributed by atoms with Gasteiger partial charge in [0.25, 0.3) is 8.32 Å². The maximum Gasteiger partial charge on any atom is 0.371 e. The van der Waals surface area contributed by atoms with Crippen LogP contribution in [0.25, 0.3) is 0 Å². The van der Waals surface area contributed by atoms with Crippen molar-refractivity contribution in [2.75, 3.05) is 6.61 Å². The molecule has 0 bridgehead atoms. The predicted octanol–water partition coefficient (Wildman–Crippen LogP) is 5.46. The molecule has 0 aromatic heterocycles. The number of esters is 1. The zero-order valence-corrected chi connectivity index (χ0v) is 17.1. The summed E-state index contributed by atoms with van der Waals surface area (Å²) >= 11 is 3.47. The minimum Gasteiger partial charge on any atom is -0.539 e. The van der Waals surface area contributed by atoms with Crippen LogP contribution >= 0.6 is 15.9 Å². The van der Waals surface area contributed by atoms with E-state index in [-0.39, 0.29) is 5.97 Å². The van der Waals surface area contributed by atoms with Crippen molar-refractivity contribution in [3.05, 3.63) is 46.1 Å². The Morgan fingerprint density at radius 1 is 1.17 bits per heavy atom. The first-order valence-corrected chi connectivity index (χ1v) is 11.6. The van der Waals surface area contributed by atoms with Crippen LogP contribution in [0.1, 0.15) is 33.3 Å². The highest BCUT2D eigenvalue weighted by Gasteiger charge is 2.33. The molecule has 0 heterocycles. The molecule has 23 heavy (non-hydrogen) atoms. The van der Waals surface area contributed by atoms with Gasteiger partial charge >= 0.3 is 5.97 Å². The zero-order valence-electron chi connectivity index (χ0n) is 14.5. The lowest BCUT2D eigenvalue weighted by atomic mass is 10.1. The van der Waals surface area contributed by atoms with Crippen LogP contribution in [0, 0.1) is 0 Å². The molecule has 0 saturated carbocycles. The summed E-state index contributed by atoms with van der Waals surface area (Å²) in [6, 6.07) is 11.0. The van der Waals surface area contributed by atoms with Crippen LogP contribution < -0.4 is 0 Å². The monoisotopic (exact) mass is 398 g/mol. The maximum atomic E-state index is 12.3. The molecule has 0 atom stereocenters. The average molecular weight is 399 g/mol. The normalized spacial score (nSPS) is 12.1. The second-order valence-corrected chi connectivity index (χ2v) is 11.1. The molecule has 0 unspecified atom stereocenters. The highest BCUT2D eigenvalue weighted by molar-refractivity contribution is 9.10. The van der Waals surface area contributed by atoms with Gasteiger partial charge in [0.2, 0.25) is 0 Å². The topological polar surface area (TPSA) is 35.5 Å². The molecule has 1 aromatic carbocycles. The SMILES string of the molecule is CCOC(=O)/C(=C/Cc1cccc(Br)c1)O[Si](CC)(CC)CC. The van der Waals surface area contributed by atoms with Crippen molar-refractivity contribution in [2.45, 2.75) is 52.2 Å². The smallest absolute Gasteiger partial charge is 0.371 e. The number of carbonyl (C=O) groups is 1. The van der Waals surface area contributed by atoms with Gasteiger partial charge < -0.3 is 9.16 Å². The van der Waals surface area contributed by atoms with Gasteiger partial charge in [-0.25, -0.2) is 4.79 Å². The van der Waals surface area contributed by atoms with Crippen molar-refractivity contribution in [1.82, 2.24) is 0 Å². The molecule has 0 amide bonds. The van der Waals surface area contributed by atoms with Gasteiger partial charge in [-0.15, -0.1) is 0 Å². The van der Waals surface area contributed by atoms with E-state index in [1.54, 1.807) is 0 Å². The predicted molar refractivity (Wildman–Crippen MR) is 101 cm³/mol. The molecule has 1 rings (SSSR count). The molecule has 0 N–H and O–H groups in total. The Labute approximate surface area is 149 Å². The molecule has 0 aliphatic rings. The first-order valence-electron chi connectivity index (χ1n) is 8.31. The highest BCUT2D eigenvalue weighted by atomic mass is 79.9. The van der Waals surface area contributed by atoms with E-state index in [4.69, 9.17) is 9.16 Å². The van der Waals surface area contributed by atoms with E-state index in [9.17, 15) is 4.79 Å². The van der Waals surface area contributed by atoms with Gasteiger partial charge in [0, 0.05) is 4.47 Å². The summed E-state index contributed by atoms with van der Waals surface area (Å²) in [5, 5.41) is 0. The summed E-state index contributed by atoms with van der Waals surface area (Å²) in [5.41, 5.74) is 1.13. The van der Waals surface area contributed by atoms with E-state index in [0.29, 0.717) is 18.8 Å². The fraction of sp³-hybridized carbons (Fsp3) is 0.500. The molecule has 128 valence electrons. The Kier molecular flexibility index (Phi) is 8.62. The molecular weight excluding hydrogens is 372 g/mol. The van der Waals surface area contributed by atoms with Gasteiger partial charge in [0.15, 0.2) is 5.76 Å². The van der Waals surface area contributed by atoms with E-state index < -0.39 is 8.32 Å². The standard InChI is InChI=1S/C18H27BrO3Si/c1-5-21-18(20)17(22-23(6-2,7-3)8-4)13-12-15-10-9-11-16(19)14-15/h9-11,13-14H,5-8,12H2,1-4H3/b17-13-.